The molecule has 0 spiro atoms. The van der Waals surface area contributed by atoms with Gasteiger partial charge in [0.1, 0.15) is 16.5 Å². The second-order valence-corrected chi connectivity index (χ2v) is 7.63. The minimum Gasteiger partial charge on any atom is -0.494 e. The molecule has 0 bridgehead atoms. The highest BCUT2D eigenvalue weighted by Crippen LogP contribution is 2.25. The topological polar surface area (TPSA) is 63.7 Å². The molecule has 146 valence electrons. The first-order valence-corrected chi connectivity index (χ1v) is 10.3. The van der Waals surface area contributed by atoms with Crippen LogP contribution in [0.4, 0.5) is 0 Å². The molecule has 6 nitrogen and oxygen atoms in total. The molecule has 7 heteroatoms. The molecule has 2 atom stereocenters. The van der Waals surface area contributed by atoms with Crippen molar-refractivity contribution in [2.24, 2.45) is 0 Å². The third kappa shape index (κ3) is 5.51. The van der Waals surface area contributed by atoms with Gasteiger partial charge in [0.2, 0.25) is 0 Å². The summed E-state index contributed by atoms with van der Waals surface area (Å²) in [5, 5.41) is 5.61. The number of ether oxygens (including phenoxy) is 2. The maximum atomic E-state index is 12.4. The number of nitrogens with one attached hydrogen (secondary N) is 1. The van der Waals surface area contributed by atoms with Crippen LogP contribution in [0.1, 0.15) is 31.3 Å². The third-order valence-electron chi connectivity index (χ3n) is 4.36. The van der Waals surface area contributed by atoms with E-state index in [0.717, 1.165) is 36.0 Å². The van der Waals surface area contributed by atoms with Gasteiger partial charge in [0.25, 0.3) is 5.91 Å². The number of morpholine rings is 1. The molecular weight excluding hydrogens is 362 g/mol. The summed E-state index contributed by atoms with van der Waals surface area (Å²) < 4.78 is 11.2. The highest BCUT2D eigenvalue weighted by molar-refractivity contribution is 7.13. The molecule has 1 N–H and O–H groups in total. The molecule has 0 saturated carbocycles. The van der Waals surface area contributed by atoms with Crippen molar-refractivity contribution in [2.75, 3.05) is 32.8 Å². The van der Waals surface area contributed by atoms with Crippen LogP contribution in [0.5, 0.6) is 5.75 Å². The normalized spacial score (nSPS) is 20.4. The Hall–Kier alpha value is -1.96. The molecule has 27 heavy (non-hydrogen) atoms. The first kappa shape index (κ1) is 19.8. The van der Waals surface area contributed by atoms with Gasteiger partial charge in [-0.1, -0.05) is 0 Å². The zero-order valence-corrected chi connectivity index (χ0v) is 16.9. The van der Waals surface area contributed by atoms with Crippen molar-refractivity contribution in [3.05, 3.63) is 35.3 Å². The van der Waals surface area contributed by atoms with Crippen LogP contribution in [0, 0.1) is 0 Å². The van der Waals surface area contributed by atoms with E-state index in [1.165, 1.54) is 11.3 Å². The molecule has 3 rings (SSSR count). The van der Waals surface area contributed by atoms with Crippen molar-refractivity contribution < 1.29 is 14.3 Å². The van der Waals surface area contributed by atoms with E-state index in [0.29, 0.717) is 18.8 Å². The average molecular weight is 390 g/mol. The van der Waals surface area contributed by atoms with E-state index in [1.54, 1.807) is 5.38 Å². The summed E-state index contributed by atoms with van der Waals surface area (Å²) in [6, 6.07) is 7.77. The van der Waals surface area contributed by atoms with Gasteiger partial charge in [-0.25, -0.2) is 4.98 Å². The highest BCUT2D eigenvalue weighted by atomic mass is 32.1. The summed E-state index contributed by atoms with van der Waals surface area (Å²) in [4.78, 5) is 19.2. The van der Waals surface area contributed by atoms with Crippen molar-refractivity contribution in [2.45, 2.75) is 33.0 Å². The molecule has 2 unspecified atom stereocenters. The number of benzene rings is 1. The van der Waals surface area contributed by atoms with E-state index in [-0.39, 0.29) is 18.1 Å². The van der Waals surface area contributed by atoms with E-state index < -0.39 is 0 Å². The van der Waals surface area contributed by atoms with Gasteiger partial charge in [-0.3, -0.25) is 9.69 Å². The predicted molar refractivity (Wildman–Crippen MR) is 108 cm³/mol. The van der Waals surface area contributed by atoms with Crippen LogP contribution in [0.25, 0.3) is 10.6 Å². The molecule has 1 aliphatic heterocycles. The fourth-order valence-corrected chi connectivity index (χ4v) is 4.06. The minimum absolute atomic E-state index is 0.127. The molecule has 0 radical (unpaired) electrons. The van der Waals surface area contributed by atoms with Gasteiger partial charge < -0.3 is 14.8 Å². The van der Waals surface area contributed by atoms with Crippen molar-refractivity contribution >= 4 is 17.2 Å². The maximum absolute atomic E-state index is 12.4. The lowest BCUT2D eigenvalue weighted by atomic mass is 10.2. The van der Waals surface area contributed by atoms with Crippen molar-refractivity contribution in [1.82, 2.24) is 15.2 Å². The Morgan fingerprint density at radius 1 is 1.30 bits per heavy atom. The summed E-state index contributed by atoms with van der Waals surface area (Å²) in [5.74, 6) is 0.709. The van der Waals surface area contributed by atoms with Gasteiger partial charge in [0, 0.05) is 37.1 Å². The number of nitrogens with zero attached hydrogens (tertiary/aromatic N) is 2. The quantitative estimate of drug-likeness (QED) is 0.789. The summed E-state index contributed by atoms with van der Waals surface area (Å²) >= 11 is 1.47. The molecule has 1 aliphatic rings. The zero-order chi connectivity index (χ0) is 19.2. The van der Waals surface area contributed by atoms with Crippen LogP contribution < -0.4 is 10.1 Å². The lowest BCUT2D eigenvalue weighted by Crippen LogP contribution is -2.47. The van der Waals surface area contributed by atoms with Crippen LogP contribution in [0.3, 0.4) is 0 Å². The first-order chi connectivity index (χ1) is 13.0. The predicted octanol–water partition coefficient (Wildman–Crippen LogP) is 3.05. The van der Waals surface area contributed by atoms with Crippen LogP contribution in [0.2, 0.25) is 0 Å². The number of hydrogen-bond acceptors (Lipinski definition) is 6. The fourth-order valence-electron chi connectivity index (χ4n) is 3.26. The Balaban J connectivity index is 1.51. The number of carbonyl (C=O) groups is 1. The standard InChI is InChI=1S/C20H27N3O3S/c1-4-25-17-7-5-16(6-8-17)20-22-18(13-27-20)19(24)21-9-10-23-11-14(2)26-15(3)12-23/h5-8,13-15H,4,9-12H2,1-3H3,(H,21,24). The Kier molecular flexibility index (Phi) is 6.82. The van der Waals surface area contributed by atoms with Gasteiger partial charge in [-0.05, 0) is 45.0 Å². The first-order valence-electron chi connectivity index (χ1n) is 9.40. The molecule has 1 fully saturated rings. The summed E-state index contributed by atoms with van der Waals surface area (Å²) in [6.45, 7) is 9.99. The number of carbonyl (C=O) groups excluding carboxylic acids is 1. The second kappa shape index (κ2) is 9.30. The lowest BCUT2D eigenvalue weighted by Gasteiger charge is -2.35. The molecule has 1 aromatic carbocycles. The van der Waals surface area contributed by atoms with Crippen molar-refractivity contribution in [1.29, 1.82) is 0 Å². The van der Waals surface area contributed by atoms with E-state index >= 15 is 0 Å². The Morgan fingerprint density at radius 3 is 2.67 bits per heavy atom. The molecule has 1 amide bonds. The van der Waals surface area contributed by atoms with Gasteiger partial charge >= 0.3 is 0 Å². The summed E-state index contributed by atoms with van der Waals surface area (Å²) in [5.41, 5.74) is 1.45. The van der Waals surface area contributed by atoms with Gasteiger partial charge in [0.05, 0.1) is 18.8 Å². The molecule has 0 aliphatic carbocycles. The average Bonchev–Trinajstić information content (AvgIpc) is 3.12. The zero-order valence-electron chi connectivity index (χ0n) is 16.1. The Labute approximate surface area is 164 Å². The molecule has 2 aromatic rings. The number of rotatable bonds is 7. The van der Waals surface area contributed by atoms with Crippen LogP contribution in [-0.4, -0.2) is 60.8 Å². The molecular formula is C20H27N3O3S. The monoisotopic (exact) mass is 389 g/mol. The third-order valence-corrected chi connectivity index (χ3v) is 5.25. The Morgan fingerprint density at radius 2 is 2.00 bits per heavy atom. The number of thiazole rings is 1. The van der Waals surface area contributed by atoms with Gasteiger partial charge in [-0.15, -0.1) is 11.3 Å². The number of amides is 1. The van der Waals surface area contributed by atoms with E-state index in [9.17, 15) is 4.79 Å². The van der Waals surface area contributed by atoms with Gasteiger partial charge in [-0.2, -0.15) is 0 Å². The van der Waals surface area contributed by atoms with Crippen molar-refractivity contribution in [3.8, 4) is 16.3 Å². The van der Waals surface area contributed by atoms with E-state index in [4.69, 9.17) is 9.47 Å². The number of hydrogen-bond donors (Lipinski definition) is 1. The fraction of sp³-hybridized carbons (Fsp3) is 0.500. The van der Waals surface area contributed by atoms with E-state index in [2.05, 4.69) is 29.0 Å². The summed E-state index contributed by atoms with van der Waals surface area (Å²) in [7, 11) is 0. The second-order valence-electron chi connectivity index (χ2n) is 6.77. The van der Waals surface area contributed by atoms with Crippen LogP contribution in [0.15, 0.2) is 29.6 Å². The molecule has 1 aromatic heterocycles. The largest absolute Gasteiger partial charge is 0.494 e. The Bertz CT molecular complexity index is 737. The summed E-state index contributed by atoms with van der Waals surface area (Å²) in [6.07, 6.45) is 0.472. The number of aromatic nitrogens is 1. The van der Waals surface area contributed by atoms with Crippen LogP contribution >= 0.6 is 11.3 Å². The lowest BCUT2D eigenvalue weighted by molar-refractivity contribution is -0.0672. The highest BCUT2D eigenvalue weighted by Gasteiger charge is 2.21. The smallest absolute Gasteiger partial charge is 0.270 e. The SMILES string of the molecule is CCOc1ccc(-c2nc(C(=O)NCCN3CC(C)OC(C)C3)cs2)cc1. The van der Waals surface area contributed by atoms with Gasteiger partial charge in [0.15, 0.2) is 0 Å². The molecule has 1 saturated heterocycles. The van der Waals surface area contributed by atoms with E-state index in [1.807, 2.05) is 31.2 Å². The van der Waals surface area contributed by atoms with Crippen LogP contribution in [-0.2, 0) is 4.74 Å². The minimum atomic E-state index is -0.127. The van der Waals surface area contributed by atoms with Crippen molar-refractivity contribution in [3.63, 3.8) is 0 Å². The molecule has 2 heterocycles. The maximum Gasteiger partial charge on any atom is 0.270 e.